The SMILES string of the molecule is CCCCN1CCCC(Nc2ccccc2OC)CC1. The third kappa shape index (κ3) is 4.41. The number of nitrogens with zero attached hydrogens (tertiary/aromatic N) is 1. The first-order chi connectivity index (χ1) is 9.83. The van der Waals surface area contributed by atoms with Crippen LogP contribution in [-0.4, -0.2) is 37.7 Å². The maximum atomic E-state index is 5.42. The highest BCUT2D eigenvalue weighted by Crippen LogP contribution is 2.26. The largest absolute Gasteiger partial charge is 0.495 e. The molecule has 0 amide bonds. The molecule has 1 atom stereocenters. The van der Waals surface area contributed by atoms with Crippen LogP contribution in [0, 0.1) is 0 Å². The first-order valence-electron chi connectivity index (χ1n) is 7.95. The van der Waals surface area contributed by atoms with Gasteiger partial charge < -0.3 is 15.0 Å². The second kappa shape index (κ2) is 8.15. The molecule has 0 aromatic heterocycles. The van der Waals surface area contributed by atoms with Gasteiger partial charge in [-0.05, 0) is 50.9 Å². The molecule has 1 aliphatic rings. The smallest absolute Gasteiger partial charge is 0.141 e. The Labute approximate surface area is 123 Å². The number of para-hydroxylation sites is 2. The minimum absolute atomic E-state index is 0.568. The lowest BCUT2D eigenvalue weighted by Gasteiger charge is -2.21. The van der Waals surface area contributed by atoms with Crippen LogP contribution in [0.5, 0.6) is 5.75 Å². The van der Waals surface area contributed by atoms with Gasteiger partial charge in [-0.15, -0.1) is 0 Å². The van der Waals surface area contributed by atoms with Crippen LogP contribution in [0.25, 0.3) is 0 Å². The van der Waals surface area contributed by atoms with Gasteiger partial charge in [0, 0.05) is 12.6 Å². The summed E-state index contributed by atoms with van der Waals surface area (Å²) >= 11 is 0. The molecule has 0 radical (unpaired) electrons. The molecular formula is C17H28N2O. The Morgan fingerprint density at radius 3 is 2.90 bits per heavy atom. The van der Waals surface area contributed by atoms with Crippen LogP contribution >= 0.6 is 0 Å². The Morgan fingerprint density at radius 2 is 2.10 bits per heavy atom. The molecule has 3 heteroatoms. The van der Waals surface area contributed by atoms with Crippen molar-refractivity contribution in [3.05, 3.63) is 24.3 Å². The van der Waals surface area contributed by atoms with Crippen LogP contribution in [-0.2, 0) is 0 Å². The number of hydrogen-bond acceptors (Lipinski definition) is 3. The summed E-state index contributed by atoms with van der Waals surface area (Å²) in [4.78, 5) is 2.62. The number of unbranched alkanes of at least 4 members (excludes halogenated alkanes) is 1. The van der Waals surface area contributed by atoms with E-state index in [2.05, 4.69) is 29.3 Å². The number of nitrogens with one attached hydrogen (secondary N) is 1. The van der Waals surface area contributed by atoms with Crippen molar-refractivity contribution in [1.29, 1.82) is 0 Å². The maximum Gasteiger partial charge on any atom is 0.141 e. The third-order valence-corrected chi connectivity index (χ3v) is 4.12. The van der Waals surface area contributed by atoms with Gasteiger partial charge in [0.25, 0.3) is 0 Å². The van der Waals surface area contributed by atoms with E-state index >= 15 is 0 Å². The van der Waals surface area contributed by atoms with Crippen molar-refractivity contribution in [3.63, 3.8) is 0 Å². The summed E-state index contributed by atoms with van der Waals surface area (Å²) in [6, 6.07) is 8.78. The summed E-state index contributed by atoms with van der Waals surface area (Å²) in [7, 11) is 1.74. The number of likely N-dealkylation sites (tertiary alicyclic amines) is 1. The number of rotatable bonds is 6. The second-order valence-corrected chi connectivity index (χ2v) is 5.67. The molecule has 1 heterocycles. The molecule has 0 bridgehead atoms. The second-order valence-electron chi connectivity index (χ2n) is 5.67. The van der Waals surface area contributed by atoms with E-state index in [1.54, 1.807) is 7.11 Å². The van der Waals surface area contributed by atoms with Gasteiger partial charge in [-0.2, -0.15) is 0 Å². The van der Waals surface area contributed by atoms with Crippen LogP contribution in [0.3, 0.4) is 0 Å². The van der Waals surface area contributed by atoms with Gasteiger partial charge in [0.05, 0.1) is 12.8 Å². The van der Waals surface area contributed by atoms with E-state index in [1.165, 1.54) is 51.7 Å². The van der Waals surface area contributed by atoms with E-state index in [4.69, 9.17) is 4.74 Å². The van der Waals surface area contributed by atoms with Gasteiger partial charge in [0.15, 0.2) is 0 Å². The van der Waals surface area contributed by atoms with Gasteiger partial charge in [0.2, 0.25) is 0 Å². The molecule has 1 N–H and O–H groups in total. The van der Waals surface area contributed by atoms with E-state index in [-0.39, 0.29) is 0 Å². The average molecular weight is 276 g/mol. The molecule has 1 fully saturated rings. The molecule has 1 aromatic carbocycles. The lowest BCUT2D eigenvalue weighted by Crippen LogP contribution is -2.27. The average Bonchev–Trinajstić information content (AvgIpc) is 2.71. The first-order valence-corrected chi connectivity index (χ1v) is 7.95. The molecule has 0 spiro atoms. The molecule has 1 aromatic rings. The number of benzene rings is 1. The molecule has 3 nitrogen and oxygen atoms in total. The van der Waals surface area contributed by atoms with Gasteiger partial charge in [-0.25, -0.2) is 0 Å². The fraction of sp³-hybridized carbons (Fsp3) is 0.647. The van der Waals surface area contributed by atoms with E-state index in [0.29, 0.717) is 6.04 Å². The zero-order valence-corrected chi connectivity index (χ0v) is 12.9. The minimum atomic E-state index is 0.568. The topological polar surface area (TPSA) is 24.5 Å². The molecule has 1 aliphatic heterocycles. The number of methoxy groups -OCH3 is 1. The van der Waals surface area contributed by atoms with Crippen molar-refractivity contribution < 1.29 is 4.74 Å². The van der Waals surface area contributed by atoms with Crippen LogP contribution in [0.1, 0.15) is 39.0 Å². The molecule has 0 saturated carbocycles. The summed E-state index contributed by atoms with van der Waals surface area (Å²) in [5.41, 5.74) is 1.13. The molecule has 20 heavy (non-hydrogen) atoms. The molecular weight excluding hydrogens is 248 g/mol. The predicted molar refractivity (Wildman–Crippen MR) is 85.6 cm³/mol. The number of ether oxygens (including phenoxy) is 1. The Hall–Kier alpha value is -1.22. The highest BCUT2D eigenvalue weighted by molar-refractivity contribution is 5.56. The van der Waals surface area contributed by atoms with Crippen molar-refractivity contribution in [3.8, 4) is 5.75 Å². The highest BCUT2D eigenvalue weighted by Gasteiger charge is 2.17. The van der Waals surface area contributed by atoms with Gasteiger partial charge in [-0.3, -0.25) is 0 Å². The number of anilines is 1. The molecule has 112 valence electrons. The van der Waals surface area contributed by atoms with Crippen LogP contribution in [0.15, 0.2) is 24.3 Å². The molecule has 0 aliphatic carbocycles. The monoisotopic (exact) mass is 276 g/mol. The fourth-order valence-electron chi connectivity index (χ4n) is 2.89. The van der Waals surface area contributed by atoms with E-state index in [9.17, 15) is 0 Å². The normalized spacial score (nSPS) is 20.4. The molecule has 1 unspecified atom stereocenters. The summed E-state index contributed by atoms with van der Waals surface area (Å²) in [6.07, 6.45) is 6.38. The summed E-state index contributed by atoms with van der Waals surface area (Å²) < 4.78 is 5.42. The van der Waals surface area contributed by atoms with Crippen molar-refractivity contribution in [2.45, 2.75) is 45.1 Å². The Bertz CT molecular complexity index is 394. The van der Waals surface area contributed by atoms with Gasteiger partial charge in [0.1, 0.15) is 5.75 Å². The quantitative estimate of drug-likeness (QED) is 0.856. The lowest BCUT2D eigenvalue weighted by atomic mass is 10.1. The van der Waals surface area contributed by atoms with Crippen molar-refractivity contribution in [2.24, 2.45) is 0 Å². The Morgan fingerprint density at radius 1 is 1.25 bits per heavy atom. The van der Waals surface area contributed by atoms with Crippen molar-refractivity contribution in [2.75, 3.05) is 32.1 Å². The van der Waals surface area contributed by atoms with Crippen LogP contribution < -0.4 is 10.1 Å². The number of hydrogen-bond donors (Lipinski definition) is 1. The fourth-order valence-corrected chi connectivity index (χ4v) is 2.89. The zero-order valence-electron chi connectivity index (χ0n) is 12.9. The summed E-state index contributed by atoms with van der Waals surface area (Å²) in [5.74, 6) is 0.944. The van der Waals surface area contributed by atoms with Crippen LogP contribution in [0.2, 0.25) is 0 Å². The van der Waals surface area contributed by atoms with E-state index in [0.717, 1.165) is 11.4 Å². The first kappa shape index (κ1) is 15.2. The van der Waals surface area contributed by atoms with E-state index < -0.39 is 0 Å². The lowest BCUT2D eigenvalue weighted by molar-refractivity contribution is 0.280. The Balaban J connectivity index is 1.87. The minimum Gasteiger partial charge on any atom is -0.495 e. The maximum absolute atomic E-state index is 5.42. The standard InChI is InChI=1S/C17H28N2O/c1-3-4-12-19-13-7-8-15(11-14-19)18-16-9-5-6-10-17(16)20-2/h5-6,9-10,15,18H,3-4,7-8,11-14H2,1-2H3. The van der Waals surface area contributed by atoms with Crippen molar-refractivity contribution >= 4 is 5.69 Å². The predicted octanol–water partition coefficient (Wildman–Crippen LogP) is 3.76. The molecule has 2 rings (SSSR count). The van der Waals surface area contributed by atoms with Crippen LogP contribution in [0.4, 0.5) is 5.69 Å². The van der Waals surface area contributed by atoms with Gasteiger partial charge >= 0.3 is 0 Å². The zero-order chi connectivity index (χ0) is 14.2. The summed E-state index contributed by atoms with van der Waals surface area (Å²) in [6.45, 7) is 6.00. The van der Waals surface area contributed by atoms with E-state index in [1.807, 2.05) is 12.1 Å². The highest BCUT2D eigenvalue weighted by atomic mass is 16.5. The van der Waals surface area contributed by atoms with Gasteiger partial charge in [-0.1, -0.05) is 25.5 Å². The third-order valence-electron chi connectivity index (χ3n) is 4.12. The summed E-state index contributed by atoms with van der Waals surface area (Å²) in [5, 5.41) is 3.67. The molecule has 1 saturated heterocycles. The Kier molecular flexibility index (Phi) is 6.19. The van der Waals surface area contributed by atoms with Crippen molar-refractivity contribution in [1.82, 2.24) is 4.90 Å².